The second kappa shape index (κ2) is 18.0. The lowest BCUT2D eigenvalue weighted by atomic mass is 10.1. The molecular formula is C31H40O5. The summed E-state index contributed by atoms with van der Waals surface area (Å²) < 4.78 is 15.7. The van der Waals surface area contributed by atoms with E-state index in [0.717, 1.165) is 29.9 Å². The standard InChI is InChI=1S/C31H40O5/c1-3-4-5-6-7-8-9-10-11-12-25-35-28-19-13-26(14-20-28)18-24-31(33)36-29-21-15-27(16-22-29)17-23-30(32)34-2/h13-24H,3-12,25H2,1-2H3/b23-17+,24-18+. The minimum Gasteiger partial charge on any atom is -0.494 e. The summed E-state index contributed by atoms with van der Waals surface area (Å²) in [6, 6.07) is 14.5. The molecular weight excluding hydrogens is 452 g/mol. The Kier molecular flexibility index (Phi) is 14.4. The predicted molar refractivity (Wildman–Crippen MR) is 146 cm³/mol. The summed E-state index contributed by atoms with van der Waals surface area (Å²) in [6.45, 7) is 2.99. The summed E-state index contributed by atoms with van der Waals surface area (Å²) in [6.07, 6.45) is 19.2. The highest BCUT2D eigenvalue weighted by molar-refractivity contribution is 5.89. The molecule has 2 rings (SSSR count). The van der Waals surface area contributed by atoms with Gasteiger partial charge in [-0.3, -0.25) is 0 Å². The van der Waals surface area contributed by atoms with Crippen molar-refractivity contribution in [2.24, 2.45) is 0 Å². The van der Waals surface area contributed by atoms with E-state index in [9.17, 15) is 9.59 Å². The van der Waals surface area contributed by atoms with E-state index in [2.05, 4.69) is 11.7 Å². The first-order valence-corrected chi connectivity index (χ1v) is 13.1. The van der Waals surface area contributed by atoms with Gasteiger partial charge in [0.2, 0.25) is 0 Å². The van der Waals surface area contributed by atoms with Crippen LogP contribution in [0, 0.1) is 0 Å². The van der Waals surface area contributed by atoms with E-state index < -0.39 is 11.9 Å². The Hall–Kier alpha value is -3.34. The molecule has 5 nitrogen and oxygen atoms in total. The normalized spacial score (nSPS) is 11.2. The number of rotatable bonds is 17. The highest BCUT2D eigenvalue weighted by Gasteiger charge is 2.01. The number of hydrogen-bond donors (Lipinski definition) is 0. The number of esters is 2. The van der Waals surface area contributed by atoms with E-state index >= 15 is 0 Å². The molecule has 0 N–H and O–H groups in total. The molecule has 36 heavy (non-hydrogen) atoms. The molecule has 2 aromatic rings. The third-order valence-corrected chi connectivity index (χ3v) is 5.77. The minimum atomic E-state index is -0.464. The summed E-state index contributed by atoms with van der Waals surface area (Å²) in [5.41, 5.74) is 1.69. The first-order chi connectivity index (χ1) is 17.6. The summed E-state index contributed by atoms with van der Waals surface area (Å²) in [5, 5.41) is 0. The Labute approximate surface area is 216 Å². The van der Waals surface area contributed by atoms with Crippen LogP contribution in [0.2, 0.25) is 0 Å². The third-order valence-electron chi connectivity index (χ3n) is 5.77. The van der Waals surface area contributed by atoms with E-state index in [1.54, 1.807) is 36.4 Å². The van der Waals surface area contributed by atoms with Gasteiger partial charge >= 0.3 is 11.9 Å². The van der Waals surface area contributed by atoms with Crippen molar-refractivity contribution in [3.8, 4) is 11.5 Å². The number of carbonyl (C=O) groups is 2. The molecule has 0 atom stereocenters. The Morgan fingerprint density at radius 2 is 1.11 bits per heavy atom. The zero-order valence-electron chi connectivity index (χ0n) is 21.7. The first-order valence-electron chi connectivity index (χ1n) is 13.1. The molecule has 0 amide bonds. The largest absolute Gasteiger partial charge is 0.494 e. The zero-order chi connectivity index (χ0) is 25.8. The van der Waals surface area contributed by atoms with Crippen LogP contribution in [-0.2, 0) is 14.3 Å². The van der Waals surface area contributed by atoms with Crippen LogP contribution in [0.5, 0.6) is 11.5 Å². The molecule has 0 bridgehead atoms. The van der Waals surface area contributed by atoms with Gasteiger partial charge in [-0.1, -0.05) is 89.0 Å². The van der Waals surface area contributed by atoms with Crippen LogP contribution in [0.15, 0.2) is 60.7 Å². The van der Waals surface area contributed by atoms with Crippen molar-refractivity contribution in [1.29, 1.82) is 0 Å². The highest BCUT2D eigenvalue weighted by Crippen LogP contribution is 2.16. The fourth-order valence-corrected chi connectivity index (χ4v) is 3.65. The van der Waals surface area contributed by atoms with Gasteiger partial charge in [0, 0.05) is 12.2 Å². The van der Waals surface area contributed by atoms with Gasteiger partial charge in [-0.25, -0.2) is 9.59 Å². The number of hydrogen-bond acceptors (Lipinski definition) is 5. The molecule has 194 valence electrons. The molecule has 5 heteroatoms. The van der Waals surface area contributed by atoms with Crippen molar-refractivity contribution in [3.63, 3.8) is 0 Å². The van der Waals surface area contributed by atoms with E-state index in [0.29, 0.717) is 5.75 Å². The average Bonchev–Trinajstić information content (AvgIpc) is 2.90. The molecule has 0 heterocycles. The van der Waals surface area contributed by atoms with E-state index in [1.807, 2.05) is 24.3 Å². The van der Waals surface area contributed by atoms with Crippen molar-refractivity contribution in [3.05, 3.63) is 71.8 Å². The van der Waals surface area contributed by atoms with Crippen LogP contribution in [0.25, 0.3) is 12.2 Å². The van der Waals surface area contributed by atoms with Crippen LogP contribution in [0.1, 0.15) is 82.3 Å². The van der Waals surface area contributed by atoms with Crippen molar-refractivity contribution >= 4 is 24.1 Å². The number of ether oxygens (including phenoxy) is 3. The highest BCUT2D eigenvalue weighted by atomic mass is 16.5. The molecule has 0 aliphatic rings. The summed E-state index contributed by atoms with van der Waals surface area (Å²) >= 11 is 0. The molecule has 0 aromatic heterocycles. The second-order valence-electron chi connectivity index (χ2n) is 8.78. The van der Waals surface area contributed by atoms with Crippen LogP contribution >= 0.6 is 0 Å². The Balaban J connectivity index is 1.62. The Bertz CT molecular complexity index is 942. The smallest absolute Gasteiger partial charge is 0.336 e. The fourth-order valence-electron chi connectivity index (χ4n) is 3.65. The fraction of sp³-hybridized carbons (Fsp3) is 0.419. The van der Waals surface area contributed by atoms with Crippen molar-refractivity contribution in [1.82, 2.24) is 0 Å². The lowest BCUT2D eigenvalue weighted by Crippen LogP contribution is -2.03. The lowest BCUT2D eigenvalue weighted by Gasteiger charge is -2.06. The first kappa shape index (κ1) is 28.9. The third kappa shape index (κ3) is 12.9. The lowest BCUT2D eigenvalue weighted by molar-refractivity contribution is -0.134. The van der Waals surface area contributed by atoms with Crippen LogP contribution in [0.3, 0.4) is 0 Å². The Morgan fingerprint density at radius 3 is 1.64 bits per heavy atom. The predicted octanol–water partition coefficient (Wildman–Crippen LogP) is 7.79. The topological polar surface area (TPSA) is 61.8 Å². The maximum Gasteiger partial charge on any atom is 0.336 e. The summed E-state index contributed by atoms with van der Waals surface area (Å²) in [5.74, 6) is 0.376. The Morgan fingerprint density at radius 1 is 0.639 bits per heavy atom. The number of methoxy groups -OCH3 is 1. The van der Waals surface area contributed by atoms with Crippen molar-refractivity contribution < 1.29 is 23.8 Å². The van der Waals surface area contributed by atoms with Crippen molar-refractivity contribution in [2.45, 2.75) is 71.1 Å². The second-order valence-corrected chi connectivity index (χ2v) is 8.78. The molecule has 0 fully saturated rings. The molecule has 2 aromatic carbocycles. The van der Waals surface area contributed by atoms with Crippen molar-refractivity contribution in [2.75, 3.05) is 13.7 Å². The number of benzene rings is 2. The average molecular weight is 493 g/mol. The van der Waals surface area contributed by atoms with E-state index in [4.69, 9.17) is 9.47 Å². The molecule has 0 aliphatic heterocycles. The molecule has 0 saturated heterocycles. The molecule has 0 saturated carbocycles. The van der Waals surface area contributed by atoms with Gasteiger partial charge in [0.25, 0.3) is 0 Å². The number of carbonyl (C=O) groups excluding carboxylic acids is 2. The number of unbranched alkanes of at least 4 members (excludes halogenated alkanes) is 9. The zero-order valence-corrected chi connectivity index (χ0v) is 21.7. The summed E-state index contributed by atoms with van der Waals surface area (Å²) in [7, 11) is 1.32. The minimum absolute atomic E-state index is 0.426. The van der Waals surface area contributed by atoms with Crippen LogP contribution in [-0.4, -0.2) is 25.7 Å². The van der Waals surface area contributed by atoms with Gasteiger partial charge < -0.3 is 14.2 Å². The molecule has 0 aliphatic carbocycles. The quantitative estimate of drug-likeness (QED) is 0.0976. The van der Waals surface area contributed by atoms with Crippen LogP contribution in [0.4, 0.5) is 0 Å². The van der Waals surface area contributed by atoms with Gasteiger partial charge in [0.1, 0.15) is 11.5 Å². The van der Waals surface area contributed by atoms with Gasteiger partial charge in [-0.05, 0) is 54.0 Å². The van der Waals surface area contributed by atoms with E-state index in [1.165, 1.54) is 77.0 Å². The van der Waals surface area contributed by atoms with Gasteiger partial charge in [0.05, 0.1) is 13.7 Å². The van der Waals surface area contributed by atoms with Crippen LogP contribution < -0.4 is 9.47 Å². The van der Waals surface area contributed by atoms with Gasteiger partial charge in [0.15, 0.2) is 0 Å². The summed E-state index contributed by atoms with van der Waals surface area (Å²) in [4.78, 5) is 23.3. The molecule has 0 radical (unpaired) electrons. The SMILES string of the molecule is CCCCCCCCCCCCOc1ccc(/C=C/C(=O)Oc2ccc(/C=C/C(=O)OC)cc2)cc1. The van der Waals surface area contributed by atoms with Gasteiger partial charge in [-0.2, -0.15) is 0 Å². The molecule has 0 spiro atoms. The van der Waals surface area contributed by atoms with Gasteiger partial charge in [-0.15, -0.1) is 0 Å². The maximum absolute atomic E-state index is 12.1. The maximum atomic E-state index is 12.1. The monoisotopic (exact) mass is 492 g/mol. The molecule has 0 unspecified atom stereocenters. The van der Waals surface area contributed by atoms with E-state index in [-0.39, 0.29) is 0 Å².